The van der Waals surface area contributed by atoms with Crippen molar-refractivity contribution in [3.05, 3.63) is 23.8 Å². The highest BCUT2D eigenvalue weighted by atomic mass is 16.7. The fourth-order valence-corrected chi connectivity index (χ4v) is 2.22. The summed E-state index contributed by atoms with van der Waals surface area (Å²) in [5.41, 5.74) is 7.00. The molecule has 17 heavy (non-hydrogen) atoms. The SMILES string of the molecule is CNC(c1ccc2c(c1)OCO2)C(C)(C)CN. The van der Waals surface area contributed by atoms with Crippen molar-refractivity contribution in [1.29, 1.82) is 0 Å². The minimum atomic E-state index is -0.0115. The number of fused-ring (bicyclic) bond motifs is 1. The zero-order valence-corrected chi connectivity index (χ0v) is 10.6. The topological polar surface area (TPSA) is 56.5 Å². The summed E-state index contributed by atoms with van der Waals surface area (Å²) in [5.74, 6) is 1.63. The third kappa shape index (κ3) is 2.23. The van der Waals surface area contributed by atoms with Crippen LogP contribution >= 0.6 is 0 Å². The predicted molar refractivity (Wildman–Crippen MR) is 67.2 cm³/mol. The van der Waals surface area contributed by atoms with Crippen LogP contribution in [0.5, 0.6) is 11.5 Å². The Balaban J connectivity index is 2.32. The highest BCUT2D eigenvalue weighted by Crippen LogP contribution is 2.38. The molecule has 94 valence electrons. The average molecular weight is 236 g/mol. The summed E-state index contributed by atoms with van der Waals surface area (Å²) in [6.45, 7) is 5.23. The van der Waals surface area contributed by atoms with Crippen molar-refractivity contribution < 1.29 is 9.47 Å². The summed E-state index contributed by atoms with van der Waals surface area (Å²) in [5, 5.41) is 3.32. The molecule has 0 saturated heterocycles. The normalized spacial score (nSPS) is 16.0. The number of ether oxygens (including phenoxy) is 2. The molecule has 4 heteroatoms. The van der Waals surface area contributed by atoms with Crippen LogP contribution in [0, 0.1) is 5.41 Å². The van der Waals surface area contributed by atoms with E-state index >= 15 is 0 Å². The van der Waals surface area contributed by atoms with Gasteiger partial charge in [-0.15, -0.1) is 0 Å². The summed E-state index contributed by atoms with van der Waals surface area (Å²) in [6.07, 6.45) is 0. The van der Waals surface area contributed by atoms with E-state index in [1.54, 1.807) is 0 Å². The molecule has 1 aliphatic heterocycles. The van der Waals surface area contributed by atoms with Crippen molar-refractivity contribution in [3.8, 4) is 11.5 Å². The first-order valence-electron chi connectivity index (χ1n) is 5.85. The molecule has 4 nitrogen and oxygen atoms in total. The maximum atomic E-state index is 5.84. The van der Waals surface area contributed by atoms with Gasteiger partial charge in [-0.25, -0.2) is 0 Å². The number of hydrogen-bond acceptors (Lipinski definition) is 4. The van der Waals surface area contributed by atoms with Crippen LogP contribution in [0.1, 0.15) is 25.5 Å². The lowest BCUT2D eigenvalue weighted by molar-refractivity contribution is 0.174. The summed E-state index contributed by atoms with van der Waals surface area (Å²) >= 11 is 0. The van der Waals surface area contributed by atoms with Gasteiger partial charge in [0.15, 0.2) is 11.5 Å². The first-order chi connectivity index (χ1) is 8.08. The number of rotatable bonds is 4. The first-order valence-corrected chi connectivity index (χ1v) is 5.85. The Kier molecular flexibility index (Phi) is 3.26. The molecule has 0 spiro atoms. The fraction of sp³-hybridized carbons (Fsp3) is 0.538. The maximum Gasteiger partial charge on any atom is 0.231 e. The van der Waals surface area contributed by atoms with E-state index in [0.29, 0.717) is 13.3 Å². The molecule has 0 bridgehead atoms. The van der Waals surface area contributed by atoms with E-state index in [1.165, 1.54) is 5.56 Å². The van der Waals surface area contributed by atoms with Crippen molar-refractivity contribution >= 4 is 0 Å². The highest BCUT2D eigenvalue weighted by molar-refractivity contribution is 5.45. The summed E-state index contributed by atoms with van der Waals surface area (Å²) in [7, 11) is 1.95. The number of hydrogen-bond donors (Lipinski definition) is 2. The van der Waals surface area contributed by atoms with Crippen LogP contribution in [-0.4, -0.2) is 20.4 Å². The Morgan fingerprint density at radius 1 is 1.35 bits per heavy atom. The molecule has 0 aromatic heterocycles. The van der Waals surface area contributed by atoms with Crippen molar-refractivity contribution in [2.75, 3.05) is 20.4 Å². The minimum absolute atomic E-state index is 0.0115. The van der Waals surface area contributed by atoms with Gasteiger partial charge in [-0.05, 0) is 36.7 Å². The second-order valence-corrected chi connectivity index (χ2v) is 5.03. The second-order valence-electron chi connectivity index (χ2n) is 5.03. The molecule has 1 heterocycles. The molecule has 0 amide bonds. The van der Waals surface area contributed by atoms with Crippen LogP contribution in [0.2, 0.25) is 0 Å². The standard InChI is InChI=1S/C13H20N2O2/c1-13(2,7-14)12(15-3)9-4-5-10-11(6-9)17-8-16-10/h4-6,12,15H,7-8,14H2,1-3H3. The zero-order valence-electron chi connectivity index (χ0n) is 10.6. The molecule has 0 radical (unpaired) electrons. The lowest BCUT2D eigenvalue weighted by Gasteiger charge is -2.33. The molecule has 0 fully saturated rings. The monoisotopic (exact) mass is 236 g/mol. The minimum Gasteiger partial charge on any atom is -0.454 e. The van der Waals surface area contributed by atoms with Crippen LogP contribution in [0.4, 0.5) is 0 Å². The van der Waals surface area contributed by atoms with E-state index in [2.05, 4.69) is 25.2 Å². The molecule has 3 N–H and O–H groups in total. The molecule has 0 aliphatic carbocycles. The van der Waals surface area contributed by atoms with Gasteiger partial charge in [0.25, 0.3) is 0 Å². The van der Waals surface area contributed by atoms with Gasteiger partial charge in [-0.3, -0.25) is 0 Å². The van der Waals surface area contributed by atoms with E-state index in [1.807, 2.05) is 19.2 Å². The lowest BCUT2D eigenvalue weighted by atomic mass is 9.80. The summed E-state index contributed by atoms with van der Waals surface area (Å²) in [4.78, 5) is 0. The zero-order chi connectivity index (χ0) is 12.5. The molecular formula is C13H20N2O2. The van der Waals surface area contributed by atoms with Gasteiger partial charge < -0.3 is 20.5 Å². The largest absolute Gasteiger partial charge is 0.454 e. The van der Waals surface area contributed by atoms with Gasteiger partial charge in [0.05, 0.1) is 0 Å². The number of nitrogens with one attached hydrogen (secondary N) is 1. The quantitative estimate of drug-likeness (QED) is 0.834. The first kappa shape index (κ1) is 12.2. The Morgan fingerprint density at radius 3 is 2.71 bits per heavy atom. The molecule has 1 atom stereocenters. The van der Waals surface area contributed by atoms with Crippen LogP contribution in [-0.2, 0) is 0 Å². The van der Waals surface area contributed by atoms with E-state index in [9.17, 15) is 0 Å². The van der Waals surface area contributed by atoms with E-state index in [0.717, 1.165) is 11.5 Å². The Morgan fingerprint density at radius 2 is 2.06 bits per heavy atom. The van der Waals surface area contributed by atoms with Crippen LogP contribution in [0.25, 0.3) is 0 Å². The molecule has 1 unspecified atom stereocenters. The predicted octanol–water partition coefficient (Wildman–Crippen LogP) is 1.66. The smallest absolute Gasteiger partial charge is 0.231 e. The van der Waals surface area contributed by atoms with Gasteiger partial charge in [-0.1, -0.05) is 19.9 Å². The van der Waals surface area contributed by atoms with E-state index in [4.69, 9.17) is 15.2 Å². The Labute approximate surface area is 102 Å². The third-order valence-corrected chi connectivity index (χ3v) is 3.33. The molecular weight excluding hydrogens is 216 g/mol. The molecule has 1 aliphatic rings. The Hall–Kier alpha value is -1.26. The van der Waals surface area contributed by atoms with Crippen LogP contribution < -0.4 is 20.5 Å². The molecule has 2 rings (SSSR count). The van der Waals surface area contributed by atoms with Crippen LogP contribution in [0.15, 0.2) is 18.2 Å². The molecule has 1 aromatic carbocycles. The van der Waals surface area contributed by atoms with Crippen molar-refractivity contribution in [1.82, 2.24) is 5.32 Å². The summed E-state index contributed by atoms with van der Waals surface area (Å²) < 4.78 is 10.7. The average Bonchev–Trinajstić information content (AvgIpc) is 2.77. The number of benzene rings is 1. The third-order valence-electron chi connectivity index (χ3n) is 3.33. The Bertz CT molecular complexity index is 404. The van der Waals surface area contributed by atoms with Gasteiger partial charge >= 0.3 is 0 Å². The number of nitrogens with two attached hydrogens (primary N) is 1. The lowest BCUT2D eigenvalue weighted by Crippen LogP contribution is -2.37. The van der Waals surface area contributed by atoms with Crippen molar-refractivity contribution in [2.45, 2.75) is 19.9 Å². The second kappa shape index (κ2) is 4.55. The fourth-order valence-electron chi connectivity index (χ4n) is 2.22. The maximum absolute atomic E-state index is 5.84. The highest BCUT2D eigenvalue weighted by Gasteiger charge is 2.29. The van der Waals surface area contributed by atoms with Gasteiger partial charge in [0.2, 0.25) is 6.79 Å². The summed E-state index contributed by atoms with van der Waals surface area (Å²) in [6, 6.07) is 6.24. The van der Waals surface area contributed by atoms with Crippen LogP contribution in [0.3, 0.4) is 0 Å². The van der Waals surface area contributed by atoms with Crippen molar-refractivity contribution in [2.24, 2.45) is 11.1 Å². The molecule has 0 saturated carbocycles. The van der Waals surface area contributed by atoms with Gasteiger partial charge in [0, 0.05) is 6.04 Å². The van der Waals surface area contributed by atoms with E-state index in [-0.39, 0.29) is 11.5 Å². The van der Waals surface area contributed by atoms with Crippen molar-refractivity contribution in [3.63, 3.8) is 0 Å². The van der Waals surface area contributed by atoms with Gasteiger partial charge in [0.1, 0.15) is 0 Å². The van der Waals surface area contributed by atoms with Gasteiger partial charge in [-0.2, -0.15) is 0 Å². The van der Waals surface area contributed by atoms with E-state index < -0.39 is 0 Å². The molecule has 1 aromatic rings.